The largest absolute Gasteiger partial charge is 0.437 e. The molecule has 0 N–H and O–H groups in total. The molecule has 12 heterocycles. The molecule has 0 saturated heterocycles. The third-order valence-electron chi connectivity index (χ3n) is 26.3. The lowest BCUT2D eigenvalue weighted by Crippen LogP contribution is -2.31. The van der Waals surface area contributed by atoms with E-state index in [4.69, 9.17) is 38.6 Å². The van der Waals surface area contributed by atoms with Crippen LogP contribution in [-0.4, -0.2) is 19.9 Å². The van der Waals surface area contributed by atoms with Gasteiger partial charge in [-0.25, -0.2) is 47.0 Å². The molecule has 1 aliphatic rings. The summed E-state index contributed by atoms with van der Waals surface area (Å²) in [6, 6.07) is 84.1. The zero-order valence-corrected chi connectivity index (χ0v) is 74.4. The van der Waals surface area contributed by atoms with Crippen molar-refractivity contribution in [2.24, 2.45) is 34.1 Å². The number of nitrogens with zero attached hydrogens (tertiary/aromatic N) is 8. The highest BCUT2D eigenvalue weighted by atomic mass is 19.1. The maximum absolute atomic E-state index is 13.7. The Bertz CT molecular complexity index is 8910. The predicted octanol–water partition coefficient (Wildman–Crippen LogP) is 28.4. The number of hydrogen-bond donors (Lipinski definition) is 0. The molecule has 1 saturated carbocycles. The quantitative estimate of drug-likeness (QED) is 0.131. The second kappa shape index (κ2) is 33.7. The fourth-order valence-electron chi connectivity index (χ4n) is 19.6. The number of halogens is 2. The second-order valence-electron chi connectivity index (χ2n) is 34.7. The average molecular weight is 1730 g/mol. The van der Waals surface area contributed by atoms with Gasteiger partial charge in [-0.15, -0.1) is 0 Å². The molecular weight excluding hydrogens is 1620 g/mol. The minimum atomic E-state index is -2.35. The van der Waals surface area contributed by atoms with Crippen molar-refractivity contribution in [3.05, 3.63) is 360 Å². The molecule has 0 atom stereocenters. The molecule has 12 nitrogen and oxygen atoms in total. The third-order valence-corrected chi connectivity index (χ3v) is 26.3. The Hall–Kier alpha value is -15.3. The lowest BCUT2D eigenvalue weighted by molar-refractivity contribution is -0.660. The van der Waals surface area contributed by atoms with Crippen molar-refractivity contribution in [2.45, 2.75) is 93.7 Å². The van der Waals surface area contributed by atoms with Crippen LogP contribution in [0.2, 0.25) is 0 Å². The first kappa shape index (κ1) is 73.7. The van der Waals surface area contributed by atoms with E-state index in [2.05, 4.69) is 174 Å². The molecular formula is C117H98F2N8O4+4. The van der Waals surface area contributed by atoms with Gasteiger partial charge in [0.2, 0.25) is 45.6 Å². The summed E-state index contributed by atoms with van der Waals surface area (Å²) in [7, 11) is 7.76. The van der Waals surface area contributed by atoms with Crippen molar-refractivity contribution in [3.8, 4) is 78.4 Å². The second-order valence-corrected chi connectivity index (χ2v) is 34.7. The van der Waals surface area contributed by atoms with Crippen LogP contribution in [0.3, 0.4) is 0 Å². The van der Waals surface area contributed by atoms with Crippen molar-refractivity contribution in [1.29, 1.82) is 0 Å². The Morgan fingerprint density at radius 1 is 0.336 bits per heavy atom. The zero-order valence-electron chi connectivity index (χ0n) is 82.4. The Kier molecular flexibility index (Phi) is 19.0. The van der Waals surface area contributed by atoms with Gasteiger partial charge in [0.1, 0.15) is 39.8 Å². The minimum Gasteiger partial charge on any atom is -0.437 e. The predicted molar refractivity (Wildman–Crippen MR) is 527 cm³/mol. The van der Waals surface area contributed by atoms with Gasteiger partial charge in [0.05, 0.1) is 43.8 Å². The van der Waals surface area contributed by atoms with Gasteiger partial charge in [-0.1, -0.05) is 232 Å². The van der Waals surface area contributed by atoms with Crippen molar-refractivity contribution in [2.75, 3.05) is 0 Å². The molecule has 0 bridgehead atoms. The summed E-state index contributed by atoms with van der Waals surface area (Å²) in [6.07, 6.45) is 15.1. The maximum Gasteiger partial charge on any atom is 0.228 e. The standard InChI is InChI=1S/C30H24FN2O.C30H31N2O.C29H22FN2O.C28H21N2O/c1-17-9-14-24-28-23-8-6-5-7-22(23)19(3)32-30(28)34-29(24)27(17)26-15-25(18(2)16-33(26)4)20-10-12-21(31)13-11-20;1-19-13-14-25-28-24-12-8-7-11-23(24)20(2)31-30(28)33-29(25)27(19)26-18-22(15-16-32(26)3)17-21-9-5-4-6-10-21;1-17-8-13-23-27-22-7-5-4-6-20(22)15-31-29(27)33-28(23)26(17)25-14-24(18(2)16-32(25)3)19-9-11-21(30)12-10-19;1-18-12-13-23-26-22-11-7-6-10-21(22)17-29-28(26)31-27(23)25(18)24-16-20(14-15-30(24)2)19-8-4-3-5-9-19/h5-16H,1-4H3;7-8,11-16,18,21H,4-6,9-10,17H2,1-3H3;4-16H,1-3H3;3-17H,1-2H3/q4*+1/i2D3;17D2;2D3;. The van der Waals surface area contributed by atoms with Gasteiger partial charge in [0.25, 0.3) is 0 Å². The molecule has 14 heteroatoms. The van der Waals surface area contributed by atoms with Crippen molar-refractivity contribution in [1.82, 2.24) is 19.9 Å². The SMILES string of the molecule is Cc1ccc2c(oc3ncc4ccccc4c32)c1-c1cc(-c2ccccc2)cc[n+]1C.[2H]C([2H])([2H])c1c[n+](C)c(-c2c(C)ccc3c2oc2nc(C)c4ccccc4c23)cc1-c1ccc(F)cc1.[2H]C([2H])([2H])c1c[n+](C)c(-c2c(C)ccc3c2oc2ncc4ccccc4c23)cc1-c1ccc(F)cc1.[2H]C([2H])(c1cc[n+](C)c(-c2c(C)ccc3c2oc2nc(C)c4ccccc4c23)c1)C1CCCCC1. The topological polar surface area (TPSA) is 120 Å². The third kappa shape index (κ3) is 14.9. The monoisotopic (exact) mass is 1720 g/mol. The zero-order chi connectivity index (χ0) is 96.5. The highest BCUT2D eigenvalue weighted by Crippen LogP contribution is 2.47. The fraction of sp³-hybridized carbons (Fsp3) is 0.162. The van der Waals surface area contributed by atoms with Gasteiger partial charge < -0.3 is 17.7 Å². The Balaban J connectivity index is 0.000000110. The first-order valence-electron chi connectivity index (χ1n) is 48.4. The molecule has 12 aromatic heterocycles. The van der Waals surface area contributed by atoms with Gasteiger partial charge in [0, 0.05) is 125 Å². The molecule has 23 aromatic rings. The van der Waals surface area contributed by atoms with E-state index in [-0.39, 0.29) is 28.7 Å². The van der Waals surface area contributed by atoms with Crippen molar-refractivity contribution >= 4 is 131 Å². The number of fused-ring (bicyclic) bond motifs is 20. The Morgan fingerprint density at radius 2 is 0.702 bits per heavy atom. The van der Waals surface area contributed by atoms with Crippen LogP contribution < -0.4 is 18.3 Å². The first-order chi connectivity index (χ1) is 66.9. The van der Waals surface area contributed by atoms with Crippen LogP contribution in [0.1, 0.15) is 93.4 Å². The Morgan fingerprint density at radius 3 is 1.13 bits per heavy atom. The summed E-state index contributed by atoms with van der Waals surface area (Å²) >= 11 is 0. The Labute approximate surface area is 768 Å². The fourth-order valence-corrected chi connectivity index (χ4v) is 19.6. The van der Waals surface area contributed by atoms with Crippen LogP contribution in [0, 0.1) is 72.8 Å². The summed E-state index contributed by atoms with van der Waals surface area (Å²) in [5.74, 6) is -0.684. The normalized spacial score (nSPS) is 13.7. The smallest absolute Gasteiger partial charge is 0.228 e. The number of rotatable bonds is 9. The summed E-state index contributed by atoms with van der Waals surface area (Å²) in [5.41, 5.74) is 25.0. The lowest BCUT2D eigenvalue weighted by atomic mass is 9.85. The van der Waals surface area contributed by atoms with E-state index in [1.54, 1.807) is 36.7 Å². The molecule has 24 rings (SSSR count). The highest BCUT2D eigenvalue weighted by Gasteiger charge is 2.31. The molecule has 131 heavy (non-hydrogen) atoms. The lowest BCUT2D eigenvalue weighted by Gasteiger charge is -2.21. The van der Waals surface area contributed by atoms with E-state index in [1.165, 1.54) is 52.8 Å². The van der Waals surface area contributed by atoms with Crippen LogP contribution in [-0.2, 0) is 34.6 Å². The molecule has 0 spiro atoms. The van der Waals surface area contributed by atoms with Crippen molar-refractivity contribution < 1.29 is 55.7 Å². The van der Waals surface area contributed by atoms with Gasteiger partial charge >= 0.3 is 0 Å². The van der Waals surface area contributed by atoms with E-state index in [0.717, 1.165) is 196 Å². The van der Waals surface area contributed by atoms with E-state index in [1.807, 2.05) is 161 Å². The molecule has 0 unspecified atom stereocenters. The number of pyridine rings is 8. The van der Waals surface area contributed by atoms with E-state index in [0.29, 0.717) is 56.3 Å². The highest BCUT2D eigenvalue weighted by molar-refractivity contribution is 6.24. The molecule has 0 aliphatic heterocycles. The van der Waals surface area contributed by atoms with Crippen LogP contribution in [0.4, 0.5) is 8.78 Å². The molecule has 11 aromatic carbocycles. The van der Waals surface area contributed by atoms with E-state index < -0.39 is 20.1 Å². The minimum absolute atomic E-state index is 0.0680. The van der Waals surface area contributed by atoms with E-state index in [9.17, 15) is 8.78 Å². The van der Waals surface area contributed by atoms with E-state index >= 15 is 0 Å². The van der Waals surface area contributed by atoms with Crippen LogP contribution >= 0.6 is 0 Å². The van der Waals surface area contributed by atoms with Crippen molar-refractivity contribution in [3.63, 3.8) is 0 Å². The summed E-state index contributed by atoms with van der Waals surface area (Å²) in [4.78, 5) is 18.8. The van der Waals surface area contributed by atoms with Crippen LogP contribution in [0.15, 0.2) is 316 Å². The number of benzene rings is 11. The average Bonchev–Trinajstić information content (AvgIpc) is 1.60. The number of hydrogen-bond acceptors (Lipinski definition) is 8. The van der Waals surface area contributed by atoms with Gasteiger partial charge in [-0.05, 0) is 175 Å². The number of aromatic nitrogens is 8. The molecule has 0 radical (unpaired) electrons. The maximum atomic E-state index is 13.7. The van der Waals surface area contributed by atoms with Gasteiger partial charge in [-0.2, -0.15) is 0 Å². The van der Waals surface area contributed by atoms with Crippen LogP contribution in [0.25, 0.3) is 210 Å². The molecule has 1 fully saturated rings. The summed E-state index contributed by atoms with van der Waals surface area (Å²) in [5, 5.41) is 16.9. The van der Waals surface area contributed by atoms with Crippen LogP contribution in [0.5, 0.6) is 0 Å². The number of aryl methyl sites for hydroxylation is 12. The van der Waals surface area contributed by atoms with Gasteiger partial charge in [0.15, 0.2) is 47.1 Å². The van der Waals surface area contributed by atoms with Gasteiger partial charge in [-0.3, -0.25) is 0 Å². The molecule has 640 valence electrons. The molecule has 0 amide bonds. The summed E-state index contributed by atoms with van der Waals surface area (Å²) < 4.78 is 128. The summed E-state index contributed by atoms with van der Waals surface area (Å²) in [6.45, 7) is 7.56. The molecule has 1 aliphatic carbocycles. The first-order valence-corrected chi connectivity index (χ1v) is 44.4. The number of furan rings is 4.